The highest BCUT2D eigenvalue weighted by Crippen LogP contribution is 2.36. The number of rotatable bonds is 9. The average molecular weight is 1320 g/mol. The summed E-state index contributed by atoms with van der Waals surface area (Å²) in [5, 5.41) is 16.2. The van der Waals surface area contributed by atoms with Gasteiger partial charge in [0.1, 0.15) is 0 Å². The number of benzene rings is 4. The molecule has 0 atom stereocenters. The lowest BCUT2D eigenvalue weighted by molar-refractivity contribution is -0.173. The van der Waals surface area contributed by atoms with E-state index in [9.17, 15) is 49.5 Å². The molecule has 0 saturated heterocycles. The van der Waals surface area contributed by atoms with E-state index in [4.69, 9.17) is 29.0 Å². The van der Waals surface area contributed by atoms with Gasteiger partial charge in [-0.1, -0.05) is 42.5 Å². The largest absolute Gasteiger partial charge is 0.461 e. The molecular weight excluding hydrogens is 1270 g/mol. The van der Waals surface area contributed by atoms with Crippen LogP contribution in [0.5, 0.6) is 0 Å². The first-order valence-corrected chi connectivity index (χ1v) is 25.1. The number of carbonyl (C=O) groups is 3. The number of ether oxygens (including phenoxy) is 2. The number of aliphatic hydroxyl groups is 1. The Labute approximate surface area is 477 Å². The average Bonchev–Trinajstić information content (AvgIpc) is 3.82. The van der Waals surface area contributed by atoms with E-state index in [-0.39, 0.29) is 35.7 Å². The number of alkyl halides is 9. The number of nitrogens with two attached hydrogens (primary N) is 4. The molecule has 0 aliphatic rings. The van der Waals surface area contributed by atoms with Gasteiger partial charge in [-0.05, 0) is 134 Å². The molecule has 11 N–H and O–H groups in total. The van der Waals surface area contributed by atoms with Crippen LogP contribution in [0.15, 0.2) is 146 Å². The first-order valence-electron chi connectivity index (χ1n) is 22.9. The van der Waals surface area contributed by atoms with Gasteiger partial charge in [0.25, 0.3) is 0 Å². The van der Waals surface area contributed by atoms with Gasteiger partial charge in [0.05, 0.1) is 35.3 Å². The molecule has 0 saturated carbocycles. The topological polar surface area (TPSA) is 291 Å². The van der Waals surface area contributed by atoms with Crippen molar-refractivity contribution in [2.45, 2.75) is 43.4 Å². The van der Waals surface area contributed by atoms with E-state index in [1.54, 1.807) is 61.9 Å². The fourth-order valence-electron chi connectivity index (χ4n) is 6.29. The number of H-pyrrole nitrogens is 1. The fraction of sp³-hybridized carbons (Fsp3) is 0.196. The van der Waals surface area contributed by atoms with Gasteiger partial charge < -0.3 is 20.4 Å². The molecule has 0 fully saturated rings. The number of hydrazine groups is 2. The third-order valence-electron chi connectivity index (χ3n) is 9.90. The number of hydrogen-bond acceptors (Lipinski definition) is 16. The fourth-order valence-corrected chi connectivity index (χ4v) is 7.05. The molecule has 5 heterocycles. The van der Waals surface area contributed by atoms with Crippen molar-refractivity contribution in [3.05, 3.63) is 177 Å². The number of halogens is 10. The van der Waals surface area contributed by atoms with Crippen LogP contribution in [0.4, 0.5) is 35.1 Å². The lowest BCUT2D eigenvalue weighted by Gasteiger charge is -2.15. The van der Waals surface area contributed by atoms with Crippen molar-refractivity contribution in [1.82, 2.24) is 40.2 Å². The summed E-state index contributed by atoms with van der Waals surface area (Å²) in [5.41, 5.74) is 3.30. The van der Waals surface area contributed by atoms with Crippen LogP contribution in [0.2, 0.25) is 0 Å². The number of nitrogens with one attached hydrogen (secondary N) is 2. The number of aromatic amines is 1. The van der Waals surface area contributed by atoms with E-state index in [0.717, 1.165) is 11.6 Å². The van der Waals surface area contributed by atoms with E-state index < -0.39 is 51.8 Å². The zero-order valence-corrected chi connectivity index (χ0v) is 46.7. The molecule has 80 heavy (non-hydrogen) atoms. The predicted octanol–water partition coefficient (Wildman–Crippen LogP) is 9.74. The number of aliphatic hydroxyl groups excluding tert-OH is 1. The summed E-state index contributed by atoms with van der Waals surface area (Å²) in [6, 6.07) is 32.1. The number of fused-ring (bicyclic) bond motifs is 4. The molecule has 5 aromatic heterocycles. The molecule has 0 aliphatic carbocycles. The Morgan fingerprint density at radius 2 is 1.00 bits per heavy atom. The van der Waals surface area contributed by atoms with Crippen molar-refractivity contribution < 1.29 is 64.1 Å². The lowest BCUT2D eigenvalue weighted by Crippen LogP contribution is -2.41. The maximum atomic E-state index is 14.4. The number of nitrogens with zero attached hydrogens (tertiary/aromatic N) is 6. The van der Waals surface area contributed by atoms with Gasteiger partial charge in [-0.15, -0.1) is 0 Å². The van der Waals surface area contributed by atoms with Crippen LogP contribution in [0.3, 0.4) is 0 Å². The van der Waals surface area contributed by atoms with Crippen LogP contribution in [0.25, 0.3) is 43.6 Å². The Kier molecular flexibility index (Phi) is 26.2. The van der Waals surface area contributed by atoms with Crippen molar-refractivity contribution in [2.75, 3.05) is 25.7 Å². The summed E-state index contributed by atoms with van der Waals surface area (Å²) in [4.78, 5) is 45.0. The van der Waals surface area contributed by atoms with Crippen molar-refractivity contribution in [2.24, 2.45) is 17.5 Å². The highest BCUT2D eigenvalue weighted by atomic mass is 127. The Morgan fingerprint density at radius 1 is 0.637 bits per heavy atom. The van der Waals surface area contributed by atoms with Crippen molar-refractivity contribution in [1.29, 1.82) is 0 Å². The summed E-state index contributed by atoms with van der Waals surface area (Å²) in [6.07, 6.45) is 6.55. The molecule has 0 aliphatic heterocycles. The van der Waals surface area contributed by atoms with Gasteiger partial charge in [0, 0.05) is 89.1 Å². The maximum Gasteiger partial charge on any atom is 0.395 e. The van der Waals surface area contributed by atoms with E-state index >= 15 is 0 Å². The monoisotopic (exact) mass is 1320 g/mol. The summed E-state index contributed by atoms with van der Waals surface area (Å²) >= 11 is 8.88. The minimum absolute atomic E-state index is 0.0416. The molecular formula is C51H50BrF8IN12O6S. The molecule has 29 heteroatoms. The number of hydrogen-bond donors (Lipinski definition) is 7. The lowest BCUT2D eigenvalue weighted by atomic mass is 10.0. The summed E-state index contributed by atoms with van der Waals surface area (Å²) in [5.74, 6) is 2.27. The van der Waals surface area contributed by atoms with Gasteiger partial charge in [0.15, 0.2) is 0 Å². The normalized spacial score (nSPS) is 11.0. The Balaban J connectivity index is 0.000000263. The number of pyridine rings is 4. The number of esters is 2. The predicted molar refractivity (Wildman–Crippen MR) is 299 cm³/mol. The molecule has 1 amide bonds. The second-order valence-electron chi connectivity index (χ2n) is 15.2. The second kappa shape index (κ2) is 31.4. The zero-order chi connectivity index (χ0) is 59.8. The number of nitrogen functional groups attached to an aromatic ring is 1. The summed E-state index contributed by atoms with van der Waals surface area (Å²) < 4.78 is 117. The highest BCUT2D eigenvalue weighted by Gasteiger charge is 2.43. The van der Waals surface area contributed by atoms with Gasteiger partial charge >= 0.3 is 40.4 Å². The van der Waals surface area contributed by atoms with Crippen LogP contribution in [0.1, 0.15) is 43.3 Å². The van der Waals surface area contributed by atoms with Crippen molar-refractivity contribution >= 4 is 112 Å². The Bertz CT molecular complexity index is 3530. The van der Waals surface area contributed by atoms with Gasteiger partial charge in [-0.3, -0.25) is 41.8 Å². The molecule has 4 aromatic carbocycles. The summed E-state index contributed by atoms with van der Waals surface area (Å²) in [7, 11) is 0. The molecule has 9 rings (SSSR count). The number of amides is 1. The minimum Gasteiger partial charge on any atom is -0.461 e. The van der Waals surface area contributed by atoms with Crippen molar-refractivity contribution in [3.8, 4) is 0 Å². The first-order chi connectivity index (χ1) is 37.9. The van der Waals surface area contributed by atoms with Crippen LogP contribution >= 0.6 is 50.7 Å². The third kappa shape index (κ3) is 18.6. The first kappa shape index (κ1) is 66.9. The standard InChI is InChI=1S/C13H11F2NO2.C12H9F2N5S.C11H9F2N3O.C9H6IN.C4H5BrF2O2.C2H6O.H4N2/c1-2-18-12(17)13(14,15)10-5-6-11-9(8-10)4-3-7-16-11;13-12(14,10-17-18-11(20)19(10)15)8-3-4-9-7(6-8)2-1-5-16-9;12-11(13,10(17)16-14)8-3-4-9-7(6-8)2-1-5-15-9;10-8-3-4-9-7(6-8)2-1-5-11-9;1-2-9-3(8)4(5,6)7;1-2-3;1-2/h3-8H,2H2,1H3;1-6H,15H2,(H,18,20);1-6H,14H2,(H,16,17);1-6H;2H2,1H3;3H,2H2,1H3;1-2H2. The van der Waals surface area contributed by atoms with Crippen LogP contribution in [-0.4, -0.2) is 82.4 Å². The minimum atomic E-state index is -3.65. The van der Waals surface area contributed by atoms with Crippen LogP contribution < -0.4 is 28.8 Å². The molecule has 18 nitrogen and oxygen atoms in total. The third-order valence-corrected chi connectivity index (χ3v) is 11.2. The van der Waals surface area contributed by atoms with Gasteiger partial charge in [-0.2, -0.15) is 40.2 Å². The molecule has 9 aromatic rings. The smallest absolute Gasteiger partial charge is 0.395 e. The molecule has 0 unspecified atom stereocenters. The quantitative estimate of drug-likeness (QED) is 0.0103. The SMILES string of the molecule is CCO.CCOC(=O)C(F)(F)Br.CCOC(=O)C(F)(F)c1ccc2ncccc2c1.Ic1ccc2ncccc2c1.NN.NNC(=O)C(F)(F)c1ccc2ncccc2c1.Nn1c(C(F)(F)c2ccc3ncccc3c2)n[nH]c1=S. The zero-order valence-electron chi connectivity index (χ0n) is 42.1. The summed E-state index contributed by atoms with van der Waals surface area (Å²) in [6.45, 7) is 4.75. The highest BCUT2D eigenvalue weighted by molar-refractivity contribution is 14.1. The van der Waals surface area contributed by atoms with E-state index in [0.29, 0.717) is 37.4 Å². The van der Waals surface area contributed by atoms with Crippen LogP contribution in [0, 0.1) is 8.34 Å². The number of aromatic nitrogens is 7. The second-order valence-corrected chi connectivity index (χ2v) is 17.9. The molecule has 0 radical (unpaired) electrons. The van der Waals surface area contributed by atoms with Gasteiger partial charge in [0.2, 0.25) is 10.6 Å². The molecule has 0 spiro atoms. The van der Waals surface area contributed by atoms with E-state index in [2.05, 4.69) is 92.1 Å². The van der Waals surface area contributed by atoms with E-state index in [1.807, 2.05) is 34.3 Å². The Hall–Kier alpha value is -7.42. The number of carbonyl (C=O) groups excluding carboxylic acids is 3. The van der Waals surface area contributed by atoms with E-state index in [1.165, 1.54) is 76.8 Å². The van der Waals surface area contributed by atoms with Crippen molar-refractivity contribution in [3.63, 3.8) is 0 Å². The van der Waals surface area contributed by atoms with Gasteiger partial charge in [-0.25, -0.2) is 25.2 Å². The maximum absolute atomic E-state index is 14.4. The van der Waals surface area contributed by atoms with Crippen LogP contribution in [-0.2, 0) is 41.6 Å². The Morgan fingerprint density at radius 3 is 1.36 bits per heavy atom. The molecule has 0 bridgehead atoms. The molecule has 426 valence electrons.